The van der Waals surface area contributed by atoms with Crippen LogP contribution in [0, 0.1) is 11.7 Å². The Hall–Kier alpha value is -1.07. The van der Waals surface area contributed by atoms with Gasteiger partial charge >= 0.3 is 0 Å². The van der Waals surface area contributed by atoms with Gasteiger partial charge in [0, 0.05) is 17.9 Å². The van der Waals surface area contributed by atoms with E-state index in [0.717, 1.165) is 0 Å². The predicted molar refractivity (Wildman–Crippen MR) is 81.4 cm³/mol. The first-order chi connectivity index (χ1) is 9.43. The number of carbonyl (C=O) groups excluding carboxylic acids is 1. The first-order valence-electron chi connectivity index (χ1n) is 6.67. The summed E-state index contributed by atoms with van der Waals surface area (Å²) in [5, 5.41) is 12.1. The van der Waals surface area contributed by atoms with Crippen LogP contribution in [0.1, 0.15) is 36.2 Å². The predicted octanol–water partition coefficient (Wildman–Crippen LogP) is 2.83. The van der Waals surface area contributed by atoms with Gasteiger partial charge in [0.1, 0.15) is 5.82 Å². The maximum atomic E-state index is 13.5. The summed E-state index contributed by atoms with van der Waals surface area (Å²) in [5.41, 5.74) is 1.02. The molecule has 3 nitrogen and oxygen atoms in total. The smallest absolute Gasteiger partial charge is 0.251 e. The zero-order chi connectivity index (χ0) is 15.1. The molecule has 0 aliphatic heterocycles. The fourth-order valence-corrected chi connectivity index (χ4v) is 2.55. The van der Waals surface area contributed by atoms with E-state index in [1.807, 2.05) is 13.2 Å². The van der Waals surface area contributed by atoms with Crippen LogP contribution in [0.25, 0.3) is 0 Å². The van der Waals surface area contributed by atoms with Gasteiger partial charge in [0.05, 0.1) is 6.10 Å². The van der Waals surface area contributed by atoms with Crippen molar-refractivity contribution in [3.63, 3.8) is 0 Å². The lowest BCUT2D eigenvalue weighted by atomic mass is 10.0. The highest BCUT2D eigenvalue weighted by atomic mass is 32.2. The Morgan fingerprint density at radius 1 is 1.45 bits per heavy atom. The molecular weight excluding hydrogens is 277 g/mol. The Labute approximate surface area is 124 Å². The Morgan fingerprint density at radius 2 is 2.15 bits per heavy atom. The summed E-state index contributed by atoms with van der Waals surface area (Å²) < 4.78 is 13.5. The number of halogens is 1. The maximum absolute atomic E-state index is 13.5. The third kappa shape index (κ3) is 5.51. The van der Waals surface area contributed by atoms with Crippen LogP contribution in [0.15, 0.2) is 18.2 Å². The lowest BCUT2D eigenvalue weighted by Gasteiger charge is -2.14. The van der Waals surface area contributed by atoms with Crippen molar-refractivity contribution >= 4 is 17.7 Å². The standard InChI is InChI=1S/C15H22FNO2S/c1-10(6-11(2)18)8-17-15(19)12-4-5-14(16)13(7-12)9-20-3/h4-5,7,10-11,18H,6,8-9H2,1-3H3,(H,17,19). The molecule has 2 atom stereocenters. The van der Waals surface area contributed by atoms with Crippen molar-refractivity contribution in [2.75, 3.05) is 12.8 Å². The molecule has 5 heteroatoms. The number of thioether (sulfide) groups is 1. The SMILES string of the molecule is CSCc1cc(C(=O)NCC(C)CC(C)O)ccc1F. The number of aliphatic hydroxyl groups is 1. The quantitative estimate of drug-likeness (QED) is 0.814. The number of carbonyl (C=O) groups is 1. The number of benzene rings is 1. The summed E-state index contributed by atoms with van der Waals surface area (Å²) in [4.78, 5) is 12.0. The highest BCUT2D eigenvalue weighted by molar-refractivity contribution is 7.97. The van der Waals surface area contributed by atoms with E-state index in [1.165, 1.54) is 23.9 Å². The first-order valence-corrected chi connectivity index (χ1v) is 8.07. The van der Waals surface area contributed by atoms with Crippen molar-refractivity contribution in [1.82, 2.24) is 5.32 Å². The minimum atomic E-state index is -0.374. The molecule has 1 aromatic rings. The minimum absolute atomic E-state index is 0.199. The summed E-state index contributed by atoms with van der Waals surface area (Å²) >= 11 is 1.51. The lowest BCUT2D eigenvalue weighted by Crippen LogP contribution is -2.29. The summed E-state index contributed by atoms with van der Waals surface area (Å²) in [6, 6.07) is 4.42. The molecule has 0 fully saturated rings. The lowest BCUT2D eigenvalue weighted by molar-refractivity contribution is 0.0939. The average Bonchev–Trinajstić information content (AvgIpc) is 2.38. The molecule has 0 bridgehead atoms. The molecule has 0 aliphatic carbocycles. The molecule has 0 saturated heterocycles. The van der Waals surface area contributed by atoms with Gasteiger partial charge in [-0.25, -0.2) is 4.39 Å². The van der Waals surface area contributed by atoms with Crippen LogP contribution in [0.5, 0.6) is 0 Å². The zero-order valence-electron chi connectivity index (χ0n) is 12.1. The number of hydrogen-bond acceptors (Lipinski definition) is 3. The second-order valence-corrected chi connectivity index (χ2v) is 6.01. The number of nitrogens with one attached hydrogen (secondary N) is 1. The van der Waals surface area contributed by atoms with Crippen molar-refractivity contribution in [3.8, 4) is 0 Å². The van der Waals surface area contributed by atoms with E-state index in [1.54, 1.807) is 13.0 Å². The summed E-state index contributed by atoms with van der Waals surface area (Å²) in [7, 11) is 0. The fraction of sp³-hybridized carbons (Fsp3) is 0.533. The van der Waals surface area contributed by atoms with Crippen molar-refractivity contribution in [1.29, 1.82) is 0 Å². The Balaban J connectivity index is 2.61. The van der Waals surface area contributed by atoms with E-state index in [4.69, 9.17) is 0 Å². The van der Waals surface area contributed by atoms with Gasteiger partial charge in [0.2, 0.25) is 0 Å². The van der Waals surface area contributed by atoms with Crippen LogP contribution in [0.2, 0.25) is 0 Å². The van der Waals surface area contributed by atoms with Crippen LogP contribution >= 0.6 is 11.8 Å². The van der Waals surface area contributed by atoms with Crippen molar-refractivity contribution < 1.29 is 14.3 Å². The third-order valence-electron chi connectivity index (χ3n) is 2.96. The number of aliphatic hydroxyl groups excluding tert-OH is 1. The minimum Gasteiger partial charge on any atom is -0.393 e. The van der Waals surface area contributed by atoms with Crippen LogP contribution in [0.4, 0.5) is 4.39 Å². The molecule has 20 heavy (non-hydrogen) atoms. The third-order valence-corrected chi connectivity index (χ3v) is 3.56. The monoisotopic (exact) mass is 299 g/mol. The number of hydrogen-bond donors (Lipinski definition) is 2. The van der Waals surface area contributed by atoms with Crippen molar-refractivity contribution in [2.24, 2.45) is 5.92 Å². The molecule has 0 spiro atoms. The average molecular weight is 299 g/mol. The van der Waals surface area contributed by atoms with Gasteiger partial charge in [0.15, 0.2) is 0 Å². The zero-order valence-corrected chi connectivity index (χ0v) is 13.0. The van der Waals surface area contributed by atoms with E-state index in [-0.39, 0.29) is 23.7 Å². The largest absolute Gasteiger partial charge is 0.393 e. The molecule has 0 heterocycles. The molecule has 0 saturated carbocycles. The van der Waals surface area contributed by atoms with E-state index < -0.39 is 0 Å². The second-order valence-electron chi connectivity index (χ2n) is 5.14. The topological polar surface area (TPSA) is 49.3 Å². The van der Waals surface area contributed by atoms with Crippen LogP contribution in [-0.2, 0) is 5.75 Å². The van der Waals surface area contributed by atoms with Gasteiger partial charge in [-0.2, -0.15) is 11.8 Å². The van der Waals surface area contributed by atoms with Gasteiger partial charge in [-0.1, -0.05) is 6.92 Å². The van der Waals surface area contributed by atoms with Gasteiger partial charge < -0.3 is 10.4 Å². The normalized spacial score (nSPS) is 13.8. The summed E-state index contributed by atoms with van der Waals surface area (Å²) in [6.07, 6.45) is 2.16. The molecule has 2 N–H and O–H groups in total. The Morgan fingerprint density at radius 3 is 2.75 bits per heavy atom. The highest BCUT2D eigenvalue weighted by Gasteiger charge is 2.12. The molecule has 112 valence electrons. The van der Waals surface area contributed by atoms with E-state index in [0.29, 0.717) is 29.8 Å². The summed E-state index contributed by atoms with van der Waals surface area (Å²) in [6.45, 7) is 4.20. The number of amides is 1. The van der Waals surface area contributed by atoms with Gasteiger partial charge in [-0.3, -0.25) is 4.79 Å². The second kappa shape index (κ2) is 8.27. The molecule has 1 amide bonds. The van der Waals surface area contributed by atoms with Crippen molar-refractivity contribution in [3.05, 3.63) is 35.1 Å². The maximum Gasteiger partial charge on any atom is 0.251 e. The molecule has 0 radical (unpaired) electrons. The van der Waals surface area contributed by atoms with Gasteiger partial charge in [-0.15, -0.1) is 0 Å². The number of rotatable bonds is 7. The van der Waals surface area contributed by atoms with E-state index >= 15 is 0 Å². The van der Waals surface area contributed by atoms with E-state index in [9.17, 15) is 14.3 Å². The highest BCUT2D eigenvalue weighted by Crippen LogP contribution is 2.16. The first kappa shape index (κ1) is 17.0. The summed E-state index contributed by atoms with van der Waals surface area (Å²) in [5.74, 6) is 0.263. The van der Waals surface area contributed by atoms with E-state index in [2.05, 4.69) is 5.32 Å². The van der Waals surface area contributed by atoms with Gasteiger partial charge in [0.25, 0.3) is 5.91 Å². The Kier molecular flexibility index (Phi) is 7.02. The van der Waals surface area contributed by atoms with Crippen molar-refractivity contribution in [2.45, 2.75) is 32.1 Å². The molecule has 2 unspecified atom stereocenters. The molecule has 1 rings (SSSR count). The van der Waals surface area contributed by atoms with Crippen LogP contribution < -0.4 is 5.32 Å². The van der Waals surface area contributed by atoms with Crippen LogP contribution in [-0.4, -0.2) is 29.9 Å². The molecule has 1 aromatic carbocycles. The molecule has 0 aromatic heterocycles. The molecular formula is C15H22FNO2S. The van der Waals surface area contributed by atoms with Crippen LogP contribution in [0.3, 0.4) is 0 Å². The van der Waals surface area contributed by atoms with Gasteiger partial charge in [-0.05, 0) is 49.3 Å². The fourth-order valence-electron chi connectivity index (χ4n) is 2.02. The molecule has 0 aliphatic rings. The Bertz CT molecular complexity index is 451.